The first-order chi connectivity index (χ1) is 20.0. The van der Waals surface area contributed by atoms with Crippen LogP contribution in [0.1, 0.15) is 48.0 Å². The van der Waals surface area contributed by atoms with Crippen molar-refractivity contribution in [3.05, 3.63) is 119 Å². The predicted molar refractivity (Wildman–Crippen MR) is 169 cm³/mol. The van der Waals surface area contributed by atoms with Gasteiger partial charge in [0.2, 0.25) is 5.91 Å². The molecule has 4 aromatic carbocycles. The van der Waals surface area contributed by atoms with E-state index in [0.29, 0.717) is 23.0 Å². The molecular weight excluding hydrogens is 530 g/mol. The van der Waals surface area contributed by atoms with Gasteiger partial charge >= 0.3 is 0 Å². The SMILES string of the molecule is CCCNC(=O)C(c1ccccc1)C1CCN(c2ccc(NC(=O)c3ccccc3-c3cccc(Cl)c3)cc2)CC1. The van der Waals surface area contributed by atoms with Crippen LogP contribution >= 0.6 is 11.6 Å². The van der Waals surface area contributed by atoms with Gasteiger partial charge in [0.25, 0.3) is 5.91 Å². The van der Waals surface area contributed by atoms with Crippen LogP contribution in [0.2, 0.25) is 5.02 Å². The third kappa shape index (κ3) is 6.98. The Labute approximate surface area is 247 Å². The van der Waals surface area contributed by atoms with Crippen LogP contribution in [0, 0.1) is 5.92 Å². The molecule has 0 spiro atoms. The Hall–Kier alpha value is -4.09. The van der Waals surface area contributed by atoms with Gasteiger partial charge < -0.3 is 15.5 Å². The summed E-state index contributed by atoms with van der Waals surface area (Å²) in [6.07, 6.45) is 2.81. The molecule has 0 radical (unpaired) electrons. The maximum atomic E-state index is 13.2. The Bertz CT molecular complexity index is 1460. The van der Waals surface area contributed by atoms with E-state index in [1.165, 1.54) is 0 Å². The lowest BCUT2D eigenvalue weighted by Crippen LogP contribution is -2.40. The second kappa shape index (κ2) is 13.5. The number of carbonyl (C=O) groups is 2. The predicted octanol–water partition coefficient (Wildman–Crippen LogP) is 7.79. The van der Waals surface area contributed by atoms with Crippen molar-refractivity contribution < 1.29 is 9.59 Å². The van der Waals surface area contributed by atoms with Crippen LogP contribution in [0.25, 0.3) is 11.1 Å². The molecule has 2 amide bonds. The minimum Gasteiger partial charge on any atom is -0.372 e. The lowest BCUT2D eigenvalue weighted by atomic mass is 9.79. The number of nitrogens with one attached hydrogen (secondary N) is 2. The zero-order chi connectivity index (χ0) is 28.6. The summed E-state index contributed by atoms with van der Waals surface area (Å²) in [7, 11) is 0. The molecule has 0 aliphatic carbocycles. The van der Waals surface area contributed by atoms with Crippen molar-refractivity contribution in [3.8, 4) is 11.1 Å². The average molecular weight is 566 g/mol. The minimum atomic E-state index is -0.164. The zero-order valence-corrected chi connectivity index (χ0v) is 24.1. The fourth-order valence-electron chi connectivity index (χ4n) is 5.69. The largest absolute Gasteiger partial charge is 0.372 e. The standard InChI is InChI=1S/C35H36ClN3O2/c1-2-21-37-35(41)33(25-9-4-3-5-10-25)26-19-22-39(23-20-26)30-17-15-29(16-18-30)38-34(40)32-14-7-6-13-31(32)27-11-8-12-28(36)24-27/h3-18,24,26,33H,2,19-23H2,1H3,(H,37,41)(H,38,40). The molecule has 1 aliphatic rings. The van der Waals surface area contributed by atoms with E-state index in [0.717, 1.165) is 60.4 Å². The summed E-state index contributed by atoms with van der Waals surface area (Å²) in [5, 5.41) is 6.81. The van der Waals surface area contributed by atoms with Crippen molar-refractivity contribution in [2.24, 2.45) is 5.92 Å². The van der Waals surface area contributed by atoms with Gasteiger partial charge in [0.1, 0.15) is 0 Å². The normalized spacial score (nSPS) is 14.3. The molecule has 0 aromatic heterocycles. The van der Waals surface area contributed by atoms with Gasteiger partial charge in [-0.25, -0.2) is 0 Å². The highest BCUT2D eigenvalue weighted by atomic mass is 35.5. The van der Waals surface area contributed by atoms with Crippen LogP contribution in [-0.2, 0) is 4.79 Å². The van der Waals surface area contributed by atoms with E-state index in [2.05, 4.69) is 46.7 Å². The van der Waals surface area contributed by atoms with Crippen LogP contribution in [0.3, 0.4) is 0 Å². The quantitative estimate of drug-likeness (QED) is 0.218. The van der Waals surface area contributed by atoms with E-state index in [1.807, 2.05) is 78.9 Å². The molecule has 1 unspecified atom stereocenters. The van der Waals surface area contributed by atoms with E-state index < -0.39 is 0 Å². The third-order valence-corrected chi connectivity index (χ3v) is 8.03. The van der Waals surface area contributed by atoms with Crippen LogP contribution in [0.15, 0.2) is 103 Å². The molecule has 1 heterocycles. The van der Waals surface area contributed by atoms with E-state index in [1.54, 1.807) is 0 Å². The number of hydrogen-bond acceptors (Lipinski definition) is 3. The third-order valence-electron chi connectivity index (χ3n) is 7.80. The van der Waals surface area contributed by atoms with Crippen LogP contribution in [-0.4, -0.2) is 31.4 Å². The molecule has 6 heteroatoms. The number of rotatable bonds is 9. The molecule has 4 aromatic rings. The highest BCUT2D eigenvalue weighted by Gasteiger charge is 2.32. The van der Waals surface area contributed by atoms with E-state index in [9.17, 15) is 9.59 Å². The maximum absolute atomic E-state index is 13.2. The Balaban J connectivity index is 1.23. The molecule has 1 aliphatic heterocycles. The van der Waals surface area contributed by atoms with Crippen molar-refractivity contribution in [1.82, 2.24) is 5.32 Å². The topological polar surface area (TPSA) is 61.4 Å². The summed E-state index contributed by atoms with van der Waals surface area (Å²) in [5.41, 5.74) is 5.29. The zero-order valence-electron chi connectivity index (χ0n) is 23.4. The van der Waals surface area contributed by atoms with Gasteiger partial charge in [-0.3, -0.25) is 9.59 Å². The number of amides is 2. The molecule has 5 rings (SSSR count). The number of nitrogens with zero attached hydrogens (tertiary/aromatic N) is 1. The molecule has 1 fully saturated rings. The molecule has 0 saturated carbocycles. The fraction of sp³-hybridized carbons (Fsp3) is 0.257. The van der Waals surface area contributed by atoms with Gasteiger partial charge in [-0.15, -0.1) is 0 Å². The summed E-state index contributed by atoms with van der Waals surface area (Å²) >= 11 is 6.20. The Morgan fingerprint density at radius 2 is 1.59 bits per heavy atom. The fourth-order valence-corrected chi connectivity index (χ4v) is 5.88. The maximum Gasteiger partial charge on any atom is 0.256 e. The van der Waals surface area contributed by atoms with Gasteiger partial charge in [-0.05, 0) is 84.3 Å². The van der Waals surface area contributed by atoms with Gasteiger partial charge in [0.05, 0.1) is 5.92 Å². The van der Waals surface area contributed by atoms with Crippen molar-refractivity contribution in [2.75, 3.05) is 29.9 Å². The second-order valence-corrected chi connectivity index (χ2v) is 11.0. The lowest BCUT2D eigenvalue weighted by Gasteiger charge is -2.37. The van der Waals surface area contributed by atoms with E-state index >= 15 is 0 Å². The van der Waals surface area contributed by atoms with Crippen LogP contribution in [0.4, 0.5) is 11.4 Å². The Kier molecular flexibility index (Phi) is 9.37. The van der Waals surface area contributed by atoms with Crippen molar-refractivity contribution in [1.29, 1.82) is 0 Å². The number of piperidine rings is 1. The number of hydrogen-bond donors (Lipinski definition) is 2. The molecule has 210 valence electrons. The summed E-state index contributed by atoms with van der Waals surface area (Å²) in [6.45, 7) is 4.55. The number of benzene rings is 4. The van der Waals surface area contributed by atoms with Gasteiger partial charge in [-0.1, -0.05) is 79.2 Å². The molecular formula is C35H36ClN3O2. The first-order valence-corrected chi connectivity index (χ1v) is 14.7. The van der Waals surface area contributed by atoms with Crippen LogP contribution in [0.5, 0.6) is 0 Å². The first kappa shape index (κ1) is 28.4. The van der Waals surface area contributed by atoms with Crippen LogP contribution < -0.4 is 15.5 Å². The first-order valence-electron chi connectivity index (χ1n) is 14.4. The smallest absolute Gasteiger partial charge is 0.256 e. The Morgan fingerprint density at radius 1 is 0.878 bits per heavy atom. The minimum absolute atomic E-state index is 0.128. The summed E-state index contributed by atoms with van der Waals surface area (Å²) in [4.78, 5) is 28.7. The van der Waals surface area contributed by atoms with E-state index in [4.69, 9.17) is 11.6 Å². The van der Waals surface area contributed by atoms with Gasteiger partial charge in [-0.2, -0.15) is 0 Å². The summed E-state index contributed by atoms with van der Waals surface area (Å²) < 4.78 is 0. The second-order valence-electron chi connectivity index (χ2n) is 10.6. The molecule has 1 atom stereocenters. The van der Waals surface area contributed by atoms with Gasteiger partial charge in [0.15, 0.2) is 0 Å². The average Bonchev–Trinajstić information content (AvgIpc) is 3.01. The summed E-state index contributed by atoms with van der Waals surface area (Å²) in [5.74, 6) is 0.136. The van der Waals surface area contributed by atoms with Gasteiger partial charge in [0, 0.05) is 41.6 Å². The summed E-state index contributed by atoms with van der Waals surface area (Å²) in [6, 6.07) is 33.3. The number of anilines is 2. The molecule has 1 saturated heterocycles. The van der Waals surface area contributed by atoms with E-state index in [-0.39, 0.29) is 17.7 Å². The number of halogens is 1. The van der Waals surface area contributed by atoms with Crippen molar-refractivity contribution in [2.45, 2.75) is 32.1 Å². The molecule has 0 bridgehead atoms. The Morgan fingerprint density at radius 3 is 2.29 bits per heavy atom. The lowest BCUT2D eigenvalue weighted by molar-refractivity contribution is -0.124. The van der Waals surface area contributed by atoms with Crippen molar-refractivity contribution in [3.63, 3.8) is 0 Å². The highest BCUT2D eigenvalue weighted by Crippen LogP contribution is 2.35. The molecule has 2 N–H and O–H groups in total. The highest BCUT2D eigenvalue weighted by molar-refractivity contribution is 6.30. The monoisotopic (exact) mass is 565 g/mol. The van der Waals surface area contributed by atoms with Crippen molar-refractivity contribution >= 4 is 34.8 Å². The molecule has 41 heavy (non-hydrogen) atoms. The molecule has 5 nitrogen and oxygen atoms in total. The number of carbonyl (C=O) groups excluding carboxylic acids is 2.